The molecule has 0 aliphatic rings. The van der Waals surface area contributed by atoms with E-state index in [0.717, 1.165) is 5.69 Å². The van der Waals surface area contributed by atoms with Gasteiger partial charge in [0, 0.05) is 24.7 Å². The molecule has 6 nitrogen and oxygen atoms in total. The van der Waals surface area contributed by atoms with Gasteiger partial charge in [-0.25, -0.2) is 0 Å². The SMILES string of the molecule is CC(=O)NCCC(O)C(O)c1cn[nH]c1C. The smallest absolute Gasteiger partial charge is 0.216 e. The molecule has 2 atom stereocenters. The van der Waals surface area contributed by atoms with Crippen LogP contribution in [0.2, 0.25) is 0 Å². The lowest BCUT2D eigenvalue weighted by molar-refractivity contribution is -0.119. The molecule has 1 amide bonds. The molecule has 0 saturated heterocycles. The summed E-state index contributed by atoms with van der Waals surface area (Å²) in [7, 11) is 0. The maximum atomic E-state index is 10.6. The van der Waals surface area contributed by atoms with Crippen molar-refractivity contribution in [1.82, 2.24) is 15.5 Å². The van der Waals surface area contributed by atoms with Crippen molar-refractivity contribution in [2.45, 2.75) is 32.5 Å². The maximum Gasteiger partial charge on any atom is 0.216 e. The minimum atomic E-state index is -0.979. The van der Waals surface area contributed by atoms with Crippen LogP contribution in [0.4, 0.5) is 0 Å². The fourth-order valence-corrected chi connectivity index (χ4v) is 1.42. The number of rotatable bonds is 5. The Morgan fingerprint density at radius 2 is 2.31 bits per heavy atom. The van der Waals surface area contributed by atoms with E-state index in [1.165, 1.54) is 13.1 Å². The molecule has 0 aliphatic carbocycles. The van der Waals surface area contributed by atoms with Crippen LogP contribution in [0.1, 0.15) is 30.7 Å². The number of aryl methyl sites for hydroxylation is 1. The first-order valence-corrected chi connectivity index (χ1v) is 5.12. The lowest BCUT2D eigenvalue weighted by Crippen LogP contribution is -2.27. The van der Waals surface area contributed by atoms with Gasteiger partial charge in [0.05, 0.1) is 12.3 Å². The number of nitrogens with one attached hydrogen (secondary N) is 2. The zero-order valence-corrected chi connectivity index (χ0v) is 9.40. The Kier molecular flexibility index (Phi) is 4.45. The second-order valence-corrected chi connectivity index (χ2v) is 3.73. The molecule has 0 saturated carbocycles. The van der Waals surface area contributed by atoms with Crippen molar-refractivity contribution in [1.29, 1.82) is 0 Å². The topological polar surface area (TPSA) is 98.2 Å². The van der Waals surface area contributed by atoms with E-state index < -0.39 is 12.2 Å². The van der Waals surface area contributed by atoms with Crippen molar-refractivity contribution in [3.05, 3.63) is 17.5 Å². The van der Waals surface area contributed by atoms with E-state index in [0.29, 0.717) is 18.5 Å². The molecule has 2 unspecified atom stereocenters. The molecule has 0 aliphatic heterocycles. The van der Waals surface area contributed by atoms with Gasteiger partial charge < -0.3 is 15.5 Å². The molecule has 1 rings (SSSR count). The summed E-state index contributed by atoms with van der Waals surface area (Å²) in [6.45, 7) is 3.51. The molecule has 0 bridgehead atoms. The largest absolute Gasteiger partial charge is 0.390 e. The highest BCUT2D eigenvalue weighted by molar-refractivity contribution is 5.72. The lowest BCUT2D eigenvalue weighted by atomic mass is 10.0. The summed E-state index contributed by atoms with van der Waals surface area (Å²) in [5.74, 6) is -0.152. The van der Waals surface area contributed by atoms with Gasteiger partial charge in [-0.2, -0.15) is 5.10 Å². The standard InChI is InChI=1S/C10H17N3O3/c1-6-8(5-12-13-6)10(16)9(15)3-4-11-7(2)14/h5,9-10,15-16H,3-4H2,1-2H3,(H,11,14)(H,12,13). The fraction of sp³-hybridized carbons (Fsp3) is 0.600. The third-order valence-corrected chi connectivity index (χ3v) is 2.37. The molecule has 0 aromatic carbocycles. The average molecular weight is 227 g/mol. The monoisotopic (exact) mass is 227 g/mol. The average Bonchev–Trinajstić information content (AvgIpc) is 2.62. The third-order valence-electron chi connectivity index (χ3n) is 2.37. The highest BCUT2D eigenvalue weighted by atomic mass is 16.3. The molecule has 1 aromatic heterocycles. The van der Waals surface area contributed by atoms with Crippen molar-refractivity contribution >= 4 is 5.91 Å². The number of amides is 1. The zero-order chi connectivity index (χ0) is 12.1. The first-order chi connectivity index (χ1) is 7.52. The normalized spacial score (nSPS) is 14.5. The number of aromatic nitrogens is 2. The number of aliphatic hydroxyl groups is 2. The van der Waals surface area contributed by atoms with Crippen LogP contribution >= 0.6 is 0 Å². The van der Waals surface area contributed by atoms with Gasteiger partial charge in [0.1, 0.15) is 6.10 Å². The number of aliphatic hydroxyl groups excluding tert-OH is 2. The highest BCUT2D eigenvalue weighted by Gasteiger charge is 2.20. The van der Waals surface area contributed by atoms with Gasteiger partial charge in [0.15, 0.2) is 0 Å². The van der Waals surface area contributed by atoms with Gasteiger partial charge in [0.2, 0.25) is 5.91 Å². The minimum Gasteiger partial charge on any atom is -0.390 e. The van der Waals surface area contributed by atoms with Gasteiger partial charge in [-0.1, -0.05) is 0 Å². The quantitative estimate of drug-likeness (QED) is 0.552. The zero-order valence-electron chi connectivity index (χ0n) is 9.40. The van der Waals surface area contributed by atoms with Crippen LogP contribution in [-0.4, -0.2) is 39.0 Å². The van der Waals surface area contributed by atoms with Gasteiger partial charge in [-0.3, -0.25) is 9.89 Å². The van der Waals surface area contributed by atoms with Gasteiger partial charge in [-0.05, 0) is 13.3 Å². The van der Waals surface area contributed by atoms with Crippen LogP contribution in [0.3, 0.4) is 0 Å². The van der Waals surface area contributed by atoms with Crippen LogP contribution < -0.4 is 5.32 Å². The number of carbonyl (C=O) groups excluding carboxylic acids is 1. The summed E-state index contributed by atoms with van der Waals surface area (Å²) in [5.41, 5.74) is 1.31. The van der Waals surface area contributed by atoms with Crippen LogP contribution in [0, 0.1) is 6.92 Å². The summed E-state index contributed by atoms with van der Waals surface area (Å²) in [6, 6.07) is 0. The summed E-state index contributed by atoms with van der Waals surface area (Å²) in [6.07, 6.45) is -0.108. The number of H-pyrrole nitrogens is 1. The second kappa shape index (κ2) is 5.62. The second-order valence-electron chi connectivity index (χ2n) is 3.73. The predicted molar refractivity (Wildman–Crippen MR) is 57.6 cm³/mol. The molecule has 1 aromatic rings. The molecule has 90 valence electrons. The Hall–Kier alpha value is -1.40. The van der Waals surface area contributed by atoms with E-state index in [9.17, 15) is 15.0 Å². The van der Waals surface area contributed by atoms with Crippen molar-refractivity contribution < 1.29 is 15.0 Å². The van der Waals surface area contributed by atoms with Crippen LogP contribution in [0.5, 0.6) is 0 Å². The van der Waals surface area contributed by atoms with Crippen molar-refractivity contribution in [3.8, 4) is 0 Å². The van der Waals surface area contributed by atoms with E-state index in [4.69, 9.17) is 0 Å². The molecule has 1 heterocycles. The Morgan fingerprint density at radius 1 is 1.62 bits per heavy atom. The molecular weight excluding hydrogens is 210 g/mol. The number of hydrogen-bond donors (Lipinski definition) is 4. The van der Waals surface area contributed by atoms with E-state index in [1.54, 1.807) is 6.92 Å². The minimum absolute atomic E-state index is 0.152. The summed E-state index contributed by atoms with van der Waals surface area (Å²) >= 11 is 0. The molecule has 16 heavy (non-hydrogen) atoms. The predicted octanol–water partition coefficient (Wildman–Crippen LogP) is -0.361. The van der Waals surface area contributed by atoms with Gasteiger partial charge in [-0.15, -0.1) is 0 Å². The Labute approximate surface area is 93.7 Å². The van der Waals surface area contributed by atoms with Crippen LogP contribution in [-0.2, 0) is 4.79 Å². The number of nitrogens with zero attached hydrogens (tertiary/aromatic N) is 1. The van der Waals surface area contributed by atoms with Crippen LogP contribution in [0.25, 0.3) is 0 Å². The summed E-state index contributed by atoms with van der Waals surface area (Å²) in [4.78, 5) is 10.6. The first kappa shape index (κ1) is 12.7. The molecule has 4 N–H and O–H groups in total. The van der Waals surface area contributed by atoms with Crippen molar-refractivity contribution in [2.75, 3.05) is 6.54 Å². The van der Waals surface area contributed by atoms with Crippen molar-refractivity contribution in [3.63, 3.8) is 0 Å². The maximum absolute atomic E-state index is 10.6. The van der Waals surface area contributed by atoms with Gasteiger partial charge >= 0.3 is 0 Å². The molecule has 0 spiro atoms. The molecule has 0 radical (unpaired) electrons. The highest BCUT2D eigenvalue weighted by Crippen LogP contribution is 2.20. The third kappa shape index (κ3) is 3.32. The molecule has 0 fully saturated rings. The van der Waals surface area contributed by atoms with E-state index in [-0.39, 0.29) is 5.91 Å². The Morgan fingerprint density at radius 3 is 2.81 bits per heavy atom. The number of aromatic amines is 1. The Balaban J connectivity index is 2.45. The van der Waals surface area contributed by atoms with Crippen molar-refractivity contribution in [2.24, 2.45) is 0 Å². The first-order valence-electron chi connectivity index (χ1n) is 5.12. The summed E-state index contributed by atoms with van der Waals surface area (Å²) < 4.78 is 0. The number of carbonyl (C=O) groups is 1. The van der Waals surface area contributed by atoms with E-state index in [1.807, 2.05) is 0 Å². The van der Waals surface area contributed by atoms with Gasteiger partial charge in [0.25, 0.3) is 0 Å². The van der Waals surface area contributed by atoms with E-state index in [2.05, 4.69) is 15.5 Å². The van der Waals surface area contributed by atoms with E-state index >= 15 is 0 Å². The molecule has 6 heteroatoms. The fourth-order valence-electron chi connectivity index (χ4n) is 1.42. The summed E-state index contributed by atoms with van der Waals surface area (Å²) in [5, 5.41) is 28.5. The number of hydrogen-bond acceptors (Lipinski definition) is 4. The molecular formula is C10H17N3O3. The Bertz CT molecular complexity index is 351. The lowest BCUT2D eigenvalue weighted by Gasteiger charge is -2.17. The van der Waals surface area contributed by atoms with Crippen LogP contribution in [0.15, 0.2) is 6.20 Å².